The first-order chi connectivity index (χ1) is 16.0. The van der Waals surface area contributed by atoms with Crippen LogP contribution in [0.3, 0.4) is 0 Å². The number of allylic oxidation sites excluding steroid dienone is 1. The largest absolute Gasteiger partial charge is 0.872 e. The van der Waals surface area contributed by atoms with Crippen LogP contribution < -0.4 is 15.1 Å². The number of carbonyl (C=O) groups is 2. The molecule has 34 heavy (non-hydrogen) atoms. The molecule has 5 rings (SSSR count). The Morgan fingerprint density at radius 1 is 1.21 bits per heavy atom. The number of phenols is 1. The van der Waals surface area contributed by atoms with Crippen LogP contribution in [0.2, 0.25) is 0 Å². The Hall–Kier alpha value is -4.15. The zero-order valence-electron chi connectivity index (χ0n) is 18.7. The molecule has 0 saturated heterocycles. The number of carbonyl (C=O) groups excluding carboxylic acids is 2. The quantitative estimate of drug-likeness (QED) is 0.394. The highest BCUT2D eigenvalue weighted by molar-refractivity contribution is 6.14. The van der Waals surface area contributed by atoms with Crippen LogP contribution in [0.4, 0.5) is 5.69 Å². The summed E-state index contributed by atoms with van der Waals surface area (Å²) in [6, 6.07) is 6.09. The van der Waals surface area contributed by atoms with Gasteiger partial charge >= 0.3 is 0 Å². The molecule has 1 aromatic heterocycles. The Labute approximate surface area is 193 Å². The molecule has 1 unspecified atom stereocenters. The van der Waals surface area contributed by atoms with Crippen molar-refractivity contribution in [2.24, 2.45) is 0 Å². The van der Waals surface area contributed by atoms with Crippen LogP contribution in [0.5, 0.6) is 17.2 Å². The van der Waals surface area contributed by atoms with Gasteiger partial charge in [-0.3, -0.25) is 20.0 Å². The molecule has 2 aromatic carbocycles. The summed E-state index contributed by atoms with van der Waals surface area (Å²) >= 11 is 0. The second-order valence-corrected chi connectivity index (χ2v) is 8.57. The highest BCUT2D eigenvalue weighted by Gasteiger charge is 2.54. The van der Waals surface area contributed by atoms with Crippen molar-refractivity contribution in [3.05, 3.63) is 63.7 Å². The lowest BCUT2D eigenvalue weighted by Gasteiger charge is -2.30. The van der Waals surface area contributed by atoms with E-state index in [-0.39, 0.29) is 39.1 Å². The van der Waals surface area contributed by atoms with Gasteiger partial charge in [-0.15, -0.1) is 5.23 Å². The van der Waals surface area contributed by atoms with E-state index in [1.165, 1.54) is 30.7 Å². The number of hydrogen-bond donors (Lipinski definition) is 3. The Kier molecular flexibility index (Phi) is 4.42. The molecule has 3 aromatic rings. The maximum absolute atomic E-state index is 13.9. The minimum absolute atomic E-state index is 0.0152. The molecule has 1 aliphatic heterocycles. The minimum atomic E-state index is -1.49. The van der Waals surface area contributed by atoms with Crippen LogP contribution in [0.15, 0.2) is 30.0 Å². The standard InChI is InChI=1S/C24H21N3O7/c1-10-20(29)18(12(3)28)22-19(21(10)30)24(4)16(34-22)9-15-17(23(24)31)11(2)25-26(15)13-5-7-14(8-6-13)27(32)33/h5-9,29-30,32-33H,1-4H3/p-1. The first-order valence-corrected chi connectivity index (χ1v) is 10.4. The van der Waals surface area contributed by atoms with Gasteiger partial charge in [0.15, 0.2) is 11.6 Å². The summed E-state index contributed by atoms with van der Waals surface area (Å²) in [5.41, 5.74) is 0.195. The van der Waals surface area contributed by atoms with Crippen molar-refractivity contribution < 1.29 is 35.0 Å². The van der Waals surface area contributed by atoms with E-state index in [1.54, 1.807) is 32.1 Å². The average Bonchev–Trinajstić information content (AvgIpc) is 3.27. The number of ketones is 2. The summed E-state index contributed by atoms with van der Waals surface area (Å²) in [5.74, 6) is -1.85. The summed E-state index contributed by atoms with van der Waals surface area (Å²) < 4.78 is 7.46. The van der Waals surface area contributed by atoms with Crippen molar-refractivity contribution in [3.8, 4) is 22.9 Å². The van der Waals surface area contributed by atoms with Gasteiger partial charge in [-0.05, 0) is 57.5 Å². The van der Waals surface area contributed by atoms with E-state index in [9.17, 15) is 30.2 Å². The lowest BCUT2D eigenvalue weighted by molar-refractivity contribution is -0.270. The molecular formula is C24H20N3O7-. The normalized spacial score (nSPS) is 18.1. The maximum Gasteiger partial charge on any atom is 0.184 e. The lowest BCUT2D eigenvalue weighted by Crippen LogP contribution is -2.36. The number of benzene rings is 2. The van der Waals surface area contributed by atoms with Crippen LogP contribution >= 0.6 is 0 Å². The summed E-state index contributed by atoms with van der Waals surface area (Å²) in [4.78, 5) is 26.2. The maximum atomic E-state index is 13.9. The van der Waals surface area contributed by atoms with E-state index in [1.807, 2.05) is 0 Å². The summed E-state index contributed by atoms with van der Waals surface area (Å²) in [5, 5.41) is 46.5. The van der Waals surface area contributed by atoms with E-state index in [2.05, 4.69) is 5.10 Å². The molecule has 1 aliphatic carbocycles. The zero-order chi connectivity index (χ0) is 24.7. The fraction of sp³-hybridized carbons (Fsp3) is 0.208. The van der Waals surface area contributed by atoms with Crippen molar-refractivity contribution in [1.29, 1.82) is 0 Å². The van der Waals surface area contributed by atoms with Gasteiger partial charge in [0.05, 0.1) is 28.3 Å². The van der Waals surface area contributed by atoms with E-state index < -0.39 is 28.5 Å². The van der Waals surface area contributed by atoms with Crippen LogP contribution in [0.25, 0.3) is 11.8 Å². The number of nitrogens with zero attached hydrogens (tertiary/aromatic N) is 3. The molecule has 0 spiro atoms. The molecule has 0 radical (unpaired) electrons. The highest BCUT2D eigenvalue weighted by Crippen LogP contribution is 2.57. The molecule has 0 fully saturated rings. The third kappa shape index (κ3) is 2.60. The molecule has 10 heteroatoms. The van der Waals surface area contributed by atoms with Crippen molar-refractivity contribution in [2.75, 3.05) is 5.23 Å². The van der Waals surface area contributed by atoms with Gasteiger partial charge in [0, 0.05) is 11.6 Å². The number of phenolic OH excluding ortho intramolecular Hbond substituents is 1. The van der Waals surface area contributed by atoms with Gasteiger partial charge in [-0.1, -0.05) is 5.75 Å². The first-order valence-electron chi connectivity index (χ1n) is 10.4. The minimum Gasteiger partial charge on any atom is -0.872 e. The van der Waals surface area contributed by atoms with E-state index in [0.29, 0.717) is 22.6 Å². The number of rotatable bonds is 3. The third-order valence-electron chi connectivity index (χ3n) is 6.54. The average molecular weight is 462 g/mol. The van der Waals surface area contributed by atoms with Crippen LogP contribution in [0.1, 0.15) is 57.1 Å². The third-order valence-corrected chi connectivity index (χ3v) is 6.54. The summed E-state index contributed by atoms with van der Waals surface area (Å²) in [7, 11) is 0. The molecule has 2 heterocycles. The van der Waals surface area contributed by atoms with E-state index in [4.69, 9.17) is 4.74 Å². The zero-order valence-corrected chi connectivity index (χ0v) is 18.7. The molecule has 0 bridgehead atoms. The van der Waals surface area contributed by atoms with E-state index in [0.717, 1.165) is 0 Å². The molecule has 10 nitrogen and oxygen atoms in total. The van der Waals surface area contributed by atoms with Gasteiger partial charge in [0.25, 0.3) is 0 Å². The van der Waals surface area contributed by atoms with Crippen LogP contribution in [-0.4, -0.2) is 36.9 Å². The van der Waals surface area contributed by atoms with Crippen molar-refractivity contribution in [1.82, 2.24) is 9.78 Å². The molecular weight excluding hydrogens is 442 g/mol. The Morgan fingerprint density at radius 3 is 2.44 bits per heavy atom. The van der Waals surface area contributed by atoms with Gasteiger partial charge in [0.2, 0.25) is 0 Å². The fourth-order valence-corrected chi connectivity index (χ4v) is 4.69. The number of aryl methyl sites for hydroxylation is 1. The number of fused-ring (bicyclic) bond motifs is 4. The smallest absolute Gasteiger partial charge is 0.184 e. The predicted octanol–water partition coefficient (Wildman–Crippen LogP) is 2.94. The van der Waals surface area contributed by atoms with Crippen molar-refractivity contribution >= 4 is 23.3 Å². The van der Waals surface area contributed by atoms with Crippen LogP contribution in [-0.2, 0) is 5.41 Å². The Balaban J connectivity index is 1.74. The second kappa shape index (κ2) is 6.92. The molecule has 0 saturated carbocycles. The number of ether oxygens (including phenoxy) is 1. The summed E-state index contributed by atoms with van der Waals surface area (Å²) in [6.07, 6.45) is 1.60. The SMILES string of the molecule is CC(=O)c1c(O)c(C)c([O-])c2c1OC1=Cc3c(c(C)nn3-c3ccc(N(O)O)cc3)C(=O)C12C. The molecule has 0 amide bonds. The molecule has 2 aliphatic rings. The molecule has 1 atom stereocenters. The van der Waals surface area contributed by atoms with Gasteiger partial charge in [-0.25, -0.2) is 4.68 Å². The van der Waals surface area contributed by atoms with Crippen molar-refractivity contribution in [2.45, 2.75) is 33.1 Å². The number of anilines is 1. The van der Waals surface area contributed by atoms with E-state index >= 15 is 0 Å². The first kappa shape index (κ1) is 21.7. The number of aromatic nitrogens is 2. The van der Waals surface area contributed by atoms with Crippen molar-refractivity contribution in [3.63, 3.8) is 0 Å². The summed E-state index contributed by atoms with van der Waals surface area (Å²) in [6.45, 7) is 5.90. The number of aromatic hydroxyl groups is 1. The Bertz CT molecular complexity index is 1450. The topological polar surface area (TPSA) is 148 Å². The van der Waals surface area contributed by atoms with Gasteiger partial charge in [0.1, 0.15) is 28.2 Å². The fourth-order valence-electron chi connectivity index (χ4n) is 4.69. The monoisotopic (exact) mass is 462 g/mol. The van der Waals surface area contributed by atoms with Crippen LogP contribution in [0, 0.1) is 13.8 Å². The molecule has 3 N–H and O–H groups in total. The Morgan fingerprint density at radius 2 is 1.85 bits per heavy atom. The second-order valence-electron chi connectivity index (χ2n) is 8.57. The highest BCUT2D eigenvalue weighted by atomic mass is 16.8. The van der Waals surface area contributed by atoms with Gasteiger partial charge in [-0.2, -0.15) is 5.10 Å². The predicted molar refractivity (Wildman–Crippen MR) is 117 cm³/mol. The van der Waals surface area contributed by atoms with Gasteiger partial charge < -0.3 is 14.9 Å². The number of hydrogen-bond acceptors (Lipinski definition) is 9. The molecule has 174 valence electrons. The lowest BCUT2D eigenvalue weighted by atomic mass is 9.71. The number of Topliss-reactive ketones (excluding diaryl/α,β-unsaturated/α-hetero) is 2.